The first-order valence-electron chi connectivity index (χ1n) is 8.53. The van der Waals surface area contributed by atoms with Crippen LogP contribution in [0.15, 0.2) is 67.0 Å². The van der Waals surface area contributed by atoms with Gasteiger partial charge in [-0.2, -0.15) is 0 Å². The number of fused-ring (bicyclic) bond motifs is 1. The molecule has 0 radical (unpaired) electrons. The first-order chi connectivity index (χ1) is 13.1. The lowest BCUT2D eigenvalue weighted by Gasteiger charge is -2.18. The number of hydrogen-bond donors (Lipinski definition) is 1. The van der Waals surface area contributed by atoms with E-state index in [0.29, 0.717) is 28.4 Å². The highest BCUT2D eigenvalue weighted by Gasteiger charge is 2.26. The molecule has 1 N–H and O–H groups in total. The van der Waals surface area contributed by atoms with E-state index in [1.165, 1.54) is 0 Å². The van der Waals surface area contributed by atoms with Gasteiger partial charge in [0.15, 0.2) is 0 Å². The maximum atomic E-state index is 12.8. The number of pyridine rings is 1. The molecule has 0 atom stereocenters. The number of aromatic nitrogens is 1. The van der Waals surface area contributed by atoms with Gasteiger partial charge < -0.3 is 10.2 Å². The largest absolute Gasteiger partial charge is 0.322 e. The molecular weight excluding hydrogens is 362 g/mol. The lowest BCUT2D eigenvalue weighted by molar-refractivity contribution is 0.0987. The van der Waals surface area contributed by atoms with Gasteiger partial charge in [0.05, 0.1) is 5.56 Å². The Labute approximate surface area is 161 Å². The number of nitrogens with zero attached hydrogens (tertiary/aromatic N) is 2. The molecule has 4 rings (SSSR count). The number of amides is 2. The van der Waals surface area contributed by atoms with Gasteiger partial charge >= 0.3 is 0 Å². The Kier molecular flexibility index (Phi) is 4.60. The van der Waals surface area contributed by atoms with Crippen molar-refractivity contribution in [1.82, 2.24) is 4.98 Å². The Balaban J connectivity index is 1.57. The van der Waals surface area contributed by atoms with Crippen LogP contribution in [-0.4, -0.2) is 23.3 Å². The van der Waals surface area contributed by atoms with Crippen molar-refractivity contribution >= 4 is 34.8 Å². The number of carbonyl (C=O) groups excluding carboxylic acids is 2. The topological polar surface area (TPSA) is 62.3 Å². The van der Waals surface area contributed by atoms with Gasteiger partial charge in [0.2, 0.25) is 0 Å². The highest BCUT2D eigenvalue weighted by molar-refractivity contribution is 6.30. The van der Waals surface area contributed by atoms with Crippen molar-refractivity contribution < 1.29 is 9.59 Å². The van der Waals surface area contributed by atoms with Crippen LogP contribution in [0, 0.1) is 0 Å². The van der Waals surface area contributed by atoms with Crippen molar-refractivity contribution in [3.05, 3.63) is 88.7 Å². The summed E-state index contributed by atoms with van der Waals surface area (Å²) in [6.45, 7) is 0.609. The molecule has 0 fully saturated rings. The van der Waals surface area contributed by atoms with Gasteiger partial charge in [-0.3, -0.25) is 14.6 Å². The van der Waals surface area contributed by atoms with Crippen LogP contribution in [0.3, 0.4) is 0 Å². The lowest BCUT2D eigenvalue weighted by atomic mass is 10.1. The van der Waals surface area contributed by atoms with E-state index in [4.69, 9.17) is 11.6 Å². The number of anilines is 2. The third-order valence-corrected chi connectivity index (χ3v) is 4.75. The molecule has 1 aliphatic heterocycles. The quantitative estimate of drug-likeness (QED) is 0.744. The monoisotopic (exact) mass is 377 g/mol. The predicted molar refractivity (Wildman–Crippen MR) is 105 cm³/mol. The molecule has 0 spiro atoms. The fourth-order valence-corrected chi connectivity index (χ4v) is 3.24. The maximum absolute atomic E-state index is 12.8. The zero-order chi connectivity index (χ0) is 18.8. The Bertz CT molecular complexity index is 1000. The summed E-state index contributed by atoms with van der Waals surface area (Å²) in [7, 11) is 0. The Morgan fingerprint density at radius 3 is 2.59 bits per heavy atom. The van der Waals surface area contributed by atoms with Crippen molar-refractivity contribution in [1.29, 1.82) is 0 Å². The number of halogens is 1. The first-order valence-corrected chi connectivity index (χ1v) is 8.91. The van der Waals surface area contributed by atoms with Crippen LogP contribution in [-0.2, 0) is 6.42 Å². The number of hydrogen-bond acceptors (Lipinski definition) is 3. The van der Waals surface area contributed by atoms with Gasteiger partial charge in [-0.15, -0.1) is 0 Å². The summed E-state index contributed by atoms with van der Waals surface area (Å²) in [5, 5.41) is 3.45. The Hall–Kier alpha value is -3.18. The molecule has 0 saturated carbocycles. The molecule has 1 aliphatic rings. The highest BCUT2D eigenvalue weighted by Crippen LogP contribution is 2.32. The Morgan fingerprint density at radius 1 is 1.04 bits per heavy atom. The van der Waals surface area contributed by atoms with Crippen LogP contribution in [0.1, 0.15) is 26.3 Å². The number of rotatable bonds is 3. The lowest BCUT2D eigenvalue weighted by Crippen LogP contribution is -2.29. The molecule has 5 nitrogen and oxygen atoms in total. The van der Waals surface area contributed by atoms with E-state index in [9.17, 15) is 9.59 Å². The van der Waals surface area contributed by atoms with Crippen molar-refractivity contribution in [3.63, 3.8) is 0 Å². The SMILES string of the molecule is O=C(Nc1ccc2c(c1)N(C(=O)c1cccnc1)CC2)c1ccc(Cl)cc1. The molecule has 0 aliphatic carbocycles. The summed E-state index contributed by atoms with van der Waals surface area (Å²) < 4.78 is 0. The number of nitrogens with one attached hydrogen (secondary N) is 1. The number of carbonyl (C=O) groups is 2. The minimum Gasteiger partial charge on any atom is -0.322 e. The second-order valence-electron chi connectivity index (χ2n) is 6.25. The van der Waals surface area contributed by atoms with Crippen molar-refractivity contribution in [2.75, 3.05) is 16.8 Å². The molecule has 0 unspecified atom stereocenters. The van der Waals surface area contributed by atoms with Crippen LogP contribution >= 0.6 is 11.6 Å². The van der Waals surface area contributed by atoms with Gasteiger partial charge in [-0.1, -0.05) is 17.7 Å². The minimum absolute atomic E-state index is 0.0944. The van der Waals surface area contributed by atoms with Crippen molar-refractivity contribution in [2.24, 2.45) is 0 Å². The summed E-state index contributed by atoms with van der Waals surface area (Å²) >= 11 is 5.86. The van der Waals surface area contributed by atoms with Gasteiger partial charge in [0, 0.05) is 40.9 Å². The van der Waals surface area contributed by atoms with Gasteiger partial charge in [0.25, 0.3) is 11.8 Å². The minimum atomic E-state index is -0.227. The molecule has 27 heavy (non-hydrogen) atoms. The summed E-state index contributed by atoms with van der Waals surface area (Å²) in [5.74, 6) is -0.322. The smallest absolute Gasteiger partial charge is 0.259 e. The van der Waals surface area contributed by atoms with Crippen LogP contribution < -0.4 is 10.2 Å². The zero-order valence-corrected chi connectivity index (χ0v) is 15.1. The van der Waals surface area contributed by atoms with Crippen molar-refractivity contribution in [3.8, 4) is 0 Å². The molecule has 0 saturated heterocycles. The molecule has 3 aromatic rings. The molecule has 1 aromatic heterocycles. The average molecular weight is 378 g/mol. The predicted octanol–water partition coefficient (Wildman–Crippen LogP) is 4.19. The van der Waals surface area contributed by atoms with E-state index in [-0.39, 0.29) is 11.8 Å². The first kappa shape index (κ1) is 17.2. The average Bonchev–Trinajstić information content (AvgIpc) is 3.12. The van der Waals surface area contributed by atoms with E-state index >= 15 is 0 Å². The van der Waals surface area contributed by atoms with Gasteiger partial charge in [-0.05, 0) is 60.5 Å². The summed E-state index contributed by atoms with van der Waals surface area (Å²) in [4.78, 5) is 30.9. The van der Waals surface area contributed by atoms with Gasteiger partial charge in [-0.25, -0.2) is 0 Å². The molecule has 2 amide bonds. The Morgan fingerprint density at radius 2 is 1.85 bits per heavy atom. The summed E-state index contributed by atoms with van der Waals surface area (Å²) in [6.07, 6.45) is 3.98. The maximum Gasteiger partial charge on any atom is 0.259 e. The summed E-state index contributed by atoms with van der Waals surface area (Å²) in [5.41, 5.74) is 3.60. The third-order valence-electron chi connectivity index (χ3n) is 4.50. The van der Waals surface area contributed by atoms with Crippen LogP contribution in [0.4, 0.5) is 11.4 Å². The molecule has 0 bridgehead atoms. The second kappa shape index (κ2) is 7.21. The highest BCUT2D eigenvalue weighted by atomic mass is 35.5. The van der Waals surface area contributed by atoms with E-state index in [0.717, 1.165) is 17.7 Å². The second-order valence-corrected chi connectivity index (χ2v) is 6.69. The molecular formula is C21H16ClN3O2. The molecule has 2 heterocycles. The van der Waals surface area contributed by atoms with E-state index in [1.807, 2.05) is 18.2 Å². The number of benzene rings is 2. The van der Waals surface area contributed by atoms with Crippen LogP contribution in [0.2, 0.25) is 5.02 Å². The van der Waals surface area contributed by atoms with E-state index < -0.39 is 0 Å². The van der Waals surface area contributed by atoms with Crippen LogP contribution in [0.5, 0.6) is 0 Å². The van der Waals surface area contributed by atoms with Crippen molar-refractivity contribution in [2.45, 2.75) is 6.42 Å². The van der Waals surface area contributed by atoms with E-state index in [2.05, 4.69) is 10.3 Å². The van der Waals surface area contributed by atoms with Crippen LogP contribution in [0.25, 0.3) is 0 Å². The third kappa shape index (κ3) is 3.55. The molecule has 134 valence electrons. The fourth-order valence-electron chi connectivity index (χ4n) is 3.12. The fraction of sp³-hybridized carbons (Fsp3) is 0.0952. The molecule has 2 aromatic carbocycles. The normalized spacial score (nSPS) is 12.6. The zero-order valence-electron chi connectivity index (χ0n) is 14.4. The van der Waals surface area contributed by atoms with E-state index in [1.54, 1.807) is 53.7 Å². The summed E-state index contributed by atoms with van der Waals surface area (Å²) in [6, 6.07) is 15.8. The standard InChI is InChI=1S/C21H16ClN3O2/c22-17-6-3-15(4-7-17)20(26)24-18-8-5-14-9-11-25(19(14)12-18)21(27)16-2-1-10-23-13-16/h1-8,10,12-13H,9,11H2,(H,24,26). The van der Waals surface area contributed by atoms with Gasteiger partial charge in [0.1, 0.15) is 0 Å². The molecule has 6 heteroatoms.